The van der Waals surface area contributed by atoms with Gasteiger partial charge in [0.25, 0.3) is 0 Å². The predicted octanol–water partition coefficient (Wildman–Crippen LogP) is 3.75. The van der Waals surface area contributed by atoms with E-state index >= 15 is 0 Å². The Labute approximate surface area is 130 Å². The highest BCUT2D eigenvalue weighted by atomic mass is 32.1. The molecule has 0 spiro atoms. The largest absolute Gasteiger partial charge is 0.373 e. The molecule has 2 aromatic heterocycles. The van der Waals surface area contributed by atoms with Gasteiger partial charge in [-0.1, -0.05) is 20.8 Å². The van der Waals surface area contributed by atoms with E-state index < -0.39 is 0 Å². The average molecular weight is 305 g/mol. The zero-order valence-electron chi connectivity index (χ0n) is 13.5. The smallest absolute Gasteiger partial charge is 0.138 e. The molecular weight excluding hydrogens is 282 g/mol. The van der Waals surface area contributed by atoms with Crippen LogP contribution >= 0.6 is 11.3 Å². The summed E-state index contributed by atoms with van der Waals surface area (Å²) >= 11 is 1.70. The Bertz CT molecular complexity index is 615. The highest BCUT2D eigenvalue weighted by Gasteiger charge is 2.20. The second-order valence-electron chi connectivity index (χ2n) is 6.14. The molecule has 6 heteroatoms. The van der Waals surface area contributed by atoms with Crippen LogP contribution in [0.25, 0.3) is 0 Å². The monoisotopic (exact) mass is 305 g/mol. The van der Waals surface area contributed by atoms with Gasteiger partial charge in [0.1, 0.15) is 22.5 Å². The predicted molar refractivity (Wildman–Crippen MR) is 89.2 cm³/mol. The average Bonchev–Trinajstić information content (AvgIpc) is 2.84. The zero-order chi connectivity index (χ0) is 15.6. The Morgan fingerprint density at radius 1 is 1.19 bits per heavy atom. The third kappa shape index (κ3) is 3.91. The lowest BCUT2D eigenvalue weighted by molar-refractivity contribution is 0.546. The van der Waals surface area contributed by atoms with Gasteiger partial charge in [0.15, 0.2) is 0 Å². The van der Waals surface area contributed by atoms with E-state index in [9.17, 15) is 0 Å². The van der Waals surface area contributed by atoms with E-state index in [2.05, 4.69) is 60.2 Å². The summed E-state index contributed by atoms with van der Waals surface area (Å²) in [5.74, 6) is 2.46. The second kappa shape index (κ2) is 5.97. The van der Waals surface area contributed by atoms with Crippen LogP contribution in [0.3, 0.4) is 0 Å². The molecule has 2 heterocycles. The third-order valence-corrected chi connectivity index (χ3v) is 4.12. The van der Waals surface area contributed by atoms with Crippen molar-refractivity contribution in [2.24, 2.45) is 0 Å². The number of hydrogen-bond donors (Lipinski definition) is 2. The molecule has 21 heavy (non-hydrogen) atoms. The molecule has 0 amide bonds. The van der Waals surface area contributed by atoms with Gasteiger partial charge in [-0.25, -0.2) is 15.0 Å². The molecule has 2 rings (SSSR count). The highest BCUT2D eigenvalue weighted by molar-refractivity contribution is 7.11. The van der Waals surface area contributed by atoms with Crippen LogP contribution in [0.4, 0.5) is 11.6 Å². The lowest BCUT2D eigenvalue weighted by Gasteiger charge is -2.20. The van der Waals surface area contributed by atoms with Gasteiger partial charge in [-0.05, 0) is 13.8 Å². The van der Waals surface area contributed by atoms with Crippen LogP contribution in [-0.4, -0.2) is 22.0 Å². The summed E-state index contributed by atoms with van der Waals surface area (Å²) in [6, 6.07) is 2.04. The molecule has 0 saturated heterocycles. The van der Waals surface area contributed by atoms with Gasteiger partial charge < -0.3 is 10.6 Å². The molecule has 0 fully saturated rings. The number of nitrogens with zero attached hydrogens (tertiary/aromatic N) is 3. The maximum absolute atomic E-state index is 4.64. The minimum absolute atomic E-state index is 0.0930. The first-order chi connectivity index (χ1) is 9.79. The first-order valence-electron chi connectivity index (χ1n) is 7.06. The first kappa shape index (κ1) is 15.7. The number of anilines is 2. The standard InChI is InChI=1S/C15H23N5S/c1-9-8-17-13(21-9)10(2)18-12-7-11(16-6)19-14(20-12)15(3,4)5/h7-8,10H,1-6H3,(H2,16,18,19,20). The van der Waals surface area contributed by atoms with Crippen molar-refractivity contribution < 1.29 is 0 Å². The number of rotatable bonds is 4. The summed E-state index contributed by atoms with van der Waals surface area (Å²) in [4.78, 5) is 14.8. The minimum Gasteiger partial charge on any atom is -0.373 e. The molecule has 2 N–H and O–H groups in total. The van der Waals surface area contributed by atoms with Crippen LogP contribution in [0.5, 0.6) is 0 Å². The Kier molecular flexibility index (Phi) is 4.46. The summed E-state index contributed by atoms with van der Waals surface area (Å²) in [6.45, 7) is 10.5. The summed E-state index contributed by atoms with van der Waals surface area (Å²) in [6.07, 6.45) is 1.90. The minimum atomic E-state index is -0.0930. The molecule has 2 aromatic rings. The van der Waals surface area contributed by atoms with E-state index in [1.165, 1.54) is 4.88 Å². The molecule has 0 aliphatic heterocycles. The fourth-order valence-corrected chi connectivity index (χ4v) is 2.62. The Morgan fingerprint density at radius 3 is 2.38 bits per heavy atom. The molecule has 1 unspecified atom stereocenters. The van der Waals surface area contributed by atoms with Crippen molar-refractivity contribution >= 4 is 23.0 Å². The summed E-state index contributed by atoms with van der Waals surface area (Å²) < 4.78 is 0. The van der Waals surface area contributed by atoms with Crippen LogP contribution in [0.1, 0.15) is 49.4 Å². The van der Waals surface area contributed by atoms with Crippen molar-refractivity contribution in [1.82, 2.24) is 15.0 Å². The molecule has 0 aromatic carbocycles. The molecule has 1 atom stereocenters. The maximum atomic E-state index is 4.64. The summed E-state index contributed by atoms with van der Waals surface area (Å²) in [7, 11) is 1.87. The summed E-state index contributed by atoms with van der Waals surface area (Å²) in [5.41, 5.74) is -0.0930. The van der Waals surface area contributed by atoms with Crippen molar-refractivity contribution in [3.05, 3.63) is 28.0 Å². The van der Waals surface area contributed by atoms with Gasteiger partial charge in [-0.15, -0.1) is 11.3 Å². The van der Waals surface area contributed by atoms with Crippen LogP contribution in [0.15, 0.2) is 12.3 Å². The molecule has 0 radical (unpaired) electrons. The Balaban J connectivity index is 2.27. The molecule has 0 saturated carbocycles. The number of aryl methyl sites for hydroxylation is 1. The Hall–Kier alpha value is -1.69. The topological polar surface area (TPSA) is 62.7 Å². The van der Waals surface area contributed by atoms with Crippen LogP contribution in [0, 0.1) is 6.92 Å². The number of nitrogens with one attached hydrogen (secondary N) is 2. The van der Waals surface area contributed by atoms with E-state index in [4.69, 9.17) is 0 Å². The number of thiazole rings is 1. The van der Waals surface area contributed by atoms with Gasteiger partial charge in [-0.2, -0.15) is 0 Å². The quantitative estimate of drug-likeness (QED) is 0.900. The zero-order valence-corrected chi connectivity index (χ0v) is 14.3. The van der Waals surface area contributed by atoms with Crippen LogP contribution in [-0.2, 0) is 5.41 Å². The fraction of sp³-hybridized carbons (Fsp3) is 0.533. The normalized spacial score (nSPS) is 13.0. The van der Waals surface area contributed by atoms with Gasteiger partial charge in [0, 0.05) is 29.6 Å². The third-order valence-electron chi connectivity index (χ3n) is 3.03. The maximum Gasteiger partial charge on any atom is 0.138 e. The lowest BCUT2D eigenvalue weighted by Crippen LogP contribution is -2.19. The van der Waals surface area contributed by atoms with Gasteiger partial charge in [-0.3, -0.25) is 0 Å². The van der Waals surface area contributed by atoms with Crippen molar-refractivity contribution in [1.29, 1.82) is 0 Å². The molecule has 5 nitrogen and oxygen atoms in total. The molecular formula is C15H23N5S. The van der Waals surface area contributed by atoms with E-state index in [1.54, 1.807) is 11.3 Å². The highest BCUT2D eigenvalue weighted by Crippen LogP contribution is 2.26. The lowest BCUT2D eigenvalue weighted by atomic mass is 9.96. The van der Waals surface area contributed by atoms with Gasteiger partial charge in [0.05, 0.1) is 6.04 Å². The SMILES string of the molecule is CNc1cc(NC(C)c2ncc(C)s2)nc(C(C)(C)C)n1. The van der Waals surface area contributed by atoms with Gasteiger partial charge >= 0.3 is 0 Å². The Morgan fingerprint density at radius 2 is 1.86 bits per heavy atom. The number of aromatic nitrogens is 3. The summed E-state index contributed by atoms with van der Waals surface area (Å²) in [5, 5.41) is 7.57. The van der Waals surface area contributed by atoms with Crippen LogP contribution in [0.2, 0.25) is 0 Å². The van der Waals surface area contributed by atoms with Crippen molar-refractivity contribution in [3.63, 3.8) is 0 Å². The fourth-order valence-electron chi connectivity index (χ4n) is 1.84. The van der Waals surface area contributed by atoms with E-state index in [-0.39, 0.29) is 11.5 Å². The molecule has 0 aliphatic carbocycles. The van der Waals surface area contributed by atoms with Crippen molar-refractivity contribution in [3.8, 4) is 0 Å². The first-order valence-corrected chi connectivity index (χ1v) is 7.87. The molecule has 0 aliphatic rings. The second-order valence-corrected chi connectivity index (χ2v) is 7.40. The van der Waals surface area contributed by atoms with Gasteiger partial charge in [0.2, 0.25) is 0 Å². The van der Waals surface area contributed by atoms with Crippen molar-refractivity contribution in [2.75, 3.05) is 17.7 Å². The van der Waals surface area contributed by atoms with Crippen molar-refractivity contribution in [2.45, 2.75) is 46.1 Å². The molecule has 0 bridgehead atoms. The van der Waals surface area contributed by atoms with E-state index in [0.717, 1.165) is 22.5 Å². The number of hydrogen-bond acceptors (Lipinski definition) is 6. The van der Waals surface area contributed by atoms with E-state index in [1.807, 2.05) is 19.3 Å². The van der Waals surface area contributed by atoms with E-state index in [0.29, 0.717) is 0 Å². The van der Waals surface area contributed by atoms with Crippen LogP contribution < -0.4 is 10.6 Å². The molecule has 114 valence electrons.